The van der Waals surface area contributed by atoms with Crippen molar-refractivity contribution in [3.8, 4) is 0 Å². The van der Waals surface area contributed by atoms with Gasteiger partial charge in [0.15, 0.2) is 23.6 Å². The second-order valence-electron chi connectivity index (χ2n) is 18.3. The Morgan fingerprint density at radius 1 is 0.918 bits per heavy atom. The standard InChI is InChI=1S/C45H55NO15/c1-23-28(58-39(53)33(50)32(26-16-12-10-13-17-26)46-40(54)61-41(4,5)6)21-45(55)37(59-38(52)27-18-14-11-15-19-27)35-43(9,29(49)20-30-44(35,22-56-30)60-25(3)48)36(51)34(57-24(2)47)31(23)42(45,7)8/h10-19,29-35,37,49-50,55H,20-22H2,1-9H3,(H,46,54)/t29-,30+,31-,32-,33+,34+,35?,37?,43+,44-,45+/m0/s1. The van der Waals surface area contributed by atoms with E-state index in [2.05, 4.69) is 5.32 Å². The average molecular weight is 850 g/mol. The van der Waals surface area contributed by atoms with Crippen molar-refractivity contribution < 1.29 is 72.5 Å². The molecular weight excluding hydrogens is 794 g/mol. The van der Waals surface area contributed by atoms with Crippen LogP contribution in [0.25, 0.3) is 0 Å². The number of ether oxygens (including phenoxy) is 6. The van der Waals surface area contributed by atoms with Crippen LogP contribution in [-0.2, 0) is 47.6 Å². The zero-order valence-electron chi connectivity index (χ0n) is 35.8. The minimum Gasteiger partial charge on any atom is -0.455 e. The molecule has 1 aliphatic heterocycles. The lowest BCUT2D eigenvalue weighted by molar-refractivity contribution is -0.349. The molecule has 6 rings (SSSR count). The Balaban J connectivity index is 1.54. The van der Waals surface area contributed by atoms with Crippen LogP contribution in [0.3, 0.4) is 0 Å². The molecule has 2 unspecified atom stereocenters. The molecule has 4 aliphatic rings. The van der Waals surface area contributed by atoms with E-state index in [0.29, 0.717) is 5.56 Å². The van der Waals surface area contributed by atoms with Gasteiger partial charge in [-0.2, -0.15) is 0 Å². The molecule has 0 radical (unpaired) electrons. The summed E-state index contributed by atoms with van der Waals surface area (Å²) in [6.07, 6.45) is -10.0. The average Bonchev–Trinajstić information content (AvgIpc) is 3.17. The number of carbonyl (C=O) groups excluding carboxylic acids is 6. The van der Waals surface area contributed by atoms with E-state index in [0.717, 1.165) is 13.8 Å². The van der Waals surface area contributed by atoms with Gasteiger partial charge in [0.2, 0.25) is 0 Å². The van der Waals surface area contributed by atoms with Gasteiger partial charge < -0.3 is 49.1 Å². The van der Waals surface area contributed by atoms with Gasteiger partial charge in [0.25, 0.3) is 0 Å². The number of fused-ring (bicyclic) bond motifs is 5. The largest absolute Gasteiger partial charge is 0.455 e. The fourth-order valence-electron chi connectivity index (χ4n) is 9.90. The Morgan fingerprint density at radius 2 is 1.52 bits per heavy atom. The summed E-state index contributed by atoms with van der Waals surface area (Å²) < 4.78 is 35.5. The topological polar surface area (TPSA) is 231 Å². The predicted molar refractivity (Wildman–Crippen MR) is 213 cm³/mol. The van der Waals surface area contributed by atoms with Gasteiger partial charge in [-0.15, -0.1) is 0 Å². The highest BCUT2D eigenvalue weighted by Crippen LogP contribution is 2.65. The summed E-state index contributed by atoms with van der Waals surface area (Å²) in [5.74, 6) is -7.89. The number of hydrogen-bond acceptors (Lipinski definition) is 15. The summed E-state index contributed by atoms with van der Waals surface area (Å²) in [5.41, 5.74) is -8.22. The monoisotopic (exact) mass is 849 g/mol. The number of aliphatic hydroxyl groups excluding tert-OH is 2. The maximum Gasteiger partial charge on any atom is 0.408 e. The molecule has 0 spiro atoms. The molecule has 2 saturated carbocycles. The van der Waals surface area contributed by atoms with Crippen molar-refractivity contribution in [1.82, 2.24) is 5.32 Å². The summed E-state index contributed by atoms with van der Waals surface area (Å²) in [7, 11) is 0. The lowest BCUT2D eigenvalue weighted by Gasteiger charge is -2.67. The molecule has 1 saturated heterocycles. The molecule has 61 heavy (non-hydrogen) atoms. The maximum atomic E-state index is 15.5. The smallest absolute Gasteiger partial charge is 0.408 e. The lowest BCUT2D eigenvalue weighted by Crippen LogP contribution is -2.82. The third-order valence-electron chi connectivity index (χ3n) is 12.9. The molecule has 0 aromatic heterocycles. The van der Waals surface area contributed by atoms with E-state index in [9.17, 15) is 39.3 Å². The van der Waals surface area contributed by atoms with Crippen LogP contribution in [0.5, 0.6) is 0 Å². The summed E-state index contributed by atoms with van der Waals surface area (Å²) in [5, 5.41) is 39.9. The van der Waals surface area contributed by atoms with Crippen molar-refractivity contribution >= 4 is 35.8 Å². The molecular formula is C45H55NO15. The van der Waals surface area contributed by atoms with Gasteiger partial charge >= 0.3 is 30.0 Å². The van der Waals surface area contributed by atoms with E-state index in [4.69, 9.17) is 28.4 Å². The van der Waals surface area contributed by atoms with Crippen molar-refractivity contribution in [2.24, 2.45) is 22.7 Å². The van der Waals surface area contributed by atoms with Crippen LogP contribution in [0, 0.1) is 22.7 Å². The quantitative estimate of drug-likeness (QED) is 0.206. The van der Waals surface area contributed by atoms with Crippen LogP contribution in [0.15, 0.2) is 72.0 Å². The number of esters is 4. The second-order valence-corrected chi connectivity index (χ2v) is 18.3. The molecule has 3 fully saturated rings. The van der Waals surface area contributed by atoms with Crippen LogP contribution in [-0.4, -0.2) is 105 Å². The predicted octanol–water partition coefficient (Wildman–Crippen LogP) is 4.04. The highest BCUT2D eigenvalue weighted by Gasteiger charge is 2.79. The molecule has 2 bridgehead atoms. The van der Waals surface area contributed by atoms with E-state index in [1.54, 1.807) is 83.1 Å². The van der Waals surface area contributed by atoms with Gasteiger partial charge in [-0.25, -0.2) is 14.4 Å². The minimum absolute atomic E-state index is 0.0642. The van der Waals surface area contributed by atoms with E-state index in [1.165, 1.54) is 26.0 Å². The second kappa shape index (κ2) is 16.3. The van der Waals surface area contributed by atoms with Gasteiger partial charge in [-0.05, 0) is 57.9 Å². The summed E-state index contributed by atoms with van der Waals surface area (Å²) in [6, 6.07) is 14.5. The summed E-state index contributed by atoms with van der Waals surface area (Å²) in [6.45, 7) is 12.9. The molecule has 3 aliphatic carbocycles. The number of nitrogens with one attached hydrogen (secondary N) is 1. The van der Waals surface area contributed by atoms with E-state index < -0.39 is 118 Å². The van der Waals surface area contributed by atoms with Crippen molar-refractivity contribution in [3.05, 3.63) is 83.1 Å². The molecule has 16 nitrogen and oxygen atoms in total. The van der Waals surface area contributed by atoms with Crippen LogP contribution in [0.1, 0.15) is 97.1 Å². The van der Waals surface area contributed by atoms with Gasteiger partial charge in [-0.1, -0.05) is 62.4 Å². The Hall–Kier alpha value is -5.16. The SMILES string of the molecule is CC(=O)O[C@H]1C(=O)[C@@]2(C)C(C(OC(=O)c3ccccc3)[C@]3(O)CC(OC(=O)[C@H](O)[C@@H](NC(=O)OC(C)(C)C)c4ccccc4)=C(C)[C@@H]1C3(C)C)[C@]1(OC(C)=O)CO[C@@H]1C[C@@H]2O. The molecule has 2 aromatic rings. The molecule has 330 valence electrons. The molecule has 11 atom stereocenters. The lowest BCUT2D eigenvalue weighted by atomic mass is 9.43. The van der Waals surface area contributed by atoms with Gasteiger partial charge in [0.1, 0.15) is 29.2 Å². The van der Waals surface area contributed by atoms with Gasteiger partial charge in [-0.3, -0.25) is 14.4 Å². The number of aliphatic hydroxyl groups is 3. The Labute approximate surface area is 353 Å². The number of benzene rings is 2. The fraction of sp³-hybridized carbons (Fsp3) is 0.556. The van der Waals surface area contributed by atoms with E-state index >= 15 is 4.79 Å². The highest BCUT2D eigenvalue weighted by molar-refractivity contribution is 5.93. The zero-order chi connectivity index (χ0) is 45.0. The highest BCUT2D eigenvalue weighted by atomic mass is 16.6. The molecule has 16 heteroatoms. The van der Waals surface area contributed by atoms with Crippen molar-refractivity contribution in [1.29, 1.82) is 0 Å². The molecule has 1 heterocycles. The Kier molecular flexibility index (Phi) is 12.1. The van der Waals surface area contributed by atoms with Gasteiger partial charge in [0.05, 0.1) is 35.6 Å². The minimum atomic E-state index is -2.40. The molecule has 4 N–H and O–H groups in total. The number of ketones is 1. The Bertz CT molecular complexity index is 2100. The number of rotatable bonds is 9. The number of alkyl carbamates (subject to hydrolysis) is 1. The molecule has 1 amide bonds. The third kappa shape index (κ3) is 7.94. The zero-order valence-corrected chi connectivity index (χ0v) is 35.8. The first kappa shape index (κ1) is 45.4. The van der Waals surface area contributed by atoms with E-state index in [1.807, 2.05) is 0 Å². The van der Waals surface area contributed by atoms with E-state index in [-0.39, 0.29) is 29.9 Å². The Morgan fingerprint density at radius 3 is 2.07 bits per heavy atom. The molecule has 2 aromatic carbocycles. The summed E-state index contributed by atoms with van der Waals surface area (Å²) >= 11 is 0. The third-order valence-corrected chi connectivity index (χ3v) is 12.9. The summed E-state index contributed by atoms with van der Waals surface area (Å²) in [4.78, 5) is 82.9. The van der Waals surface area contributed by atoms with Crippen LogP contribution >= 0.6 is 0 Å². The number of carbonyl (C=O) groups is 6. The van der Waals surface area contributed by atoms with Gasteiger partial charge in [0, 0.05) is 38.0 Å². The first-order valence-electron chi connectivity index (χ1n) is 20.2. The number of Topliss-reactive ketones (excluding diaryl/α,β-unsaturated/α-hetero) is 1. The number of hydrogen-bond donors (Lipinski definition) is 4. The van der Waals surface area contributed by atoms with Crippen molar-refractivity contribution in [3.63, 3.8) is 0 Å². The first-order chi connectivity index (χ1) is 28.4. The van der Waals surface area contributed by atoms with Crippen LogP contribution < -0.4 is 5.32 Å². The maximum absolute atomic E-state index is 15.5. The first-order valence-corrected chi connectivity index (χ1v) is 20.2. The normalized spacial score (nSPS) is 32.5. The van der Waals surface area contributed by atoms with Crippen molar-refractivity contribution in [2.75, 3.05) is 6.61 Å². The fourth-order valence-corrected chi connectivity index (χ4v) is 9.90. The van der Waals surface area contributed by atoms with Crippen LogP contribution in [0.2, 0.25) is 0 Å². The van der Waals surface area contributed by atoms with Crippen molar-refractivity contribution in [2.45, 2.75) is 129 Å². The van der Waals surface area contributed by atoms with Crippen LogP contribution in [0.4, 0.5) is 4.79 Å². The number of amides is 1.